The summed E-state index contributed by atoms with van der Waals surface area (Å²) in [6.45, 7) is 0.804. The van der Waals surface area contributed by atoms with E-state index in [1.54, 1.807) is 11.8 Å². The van der Waals surface area contributed by atoms with E-state index in [4.69, 9.17) is 11.1 Å². The van der Waals surface area contributed by atoms with E-state index in [2.05, 4.69) is 15.3 Å². The Hall–Kier alpha value is -1.30. The Morgan fingerprint density at radius 1 is 1.64 bits per heavy atom. The lowest BCUT2D eigenvalue weighted by atomic mass is 10.3. The van der Waals surface area contributed by atoms with E-state index in [0.29, 0.717) is 17.2 Å². The highest BCUT2D eigenvalue weighted by atomic mass is 32.2. The summed E-state index contributed by atoms with van der Waals surface area (Å²) in [5, 5.41) is 10.3. The number of nitrogens with one attached hydrogen (secondary N) is 2. The van der Waals surface area contributed by atoms with Crippen molar-refractivity contribution in [3.05, 3.63) is 11.9 Å². The van der Waals surface area contributed by atoms with Crippen LogP contribution in [0.25, 0.3) is 0 Å². The van der Waals surface area contributed by atoms with Crippen LogP contribution in [0, 0.1) is 5.41 Å². The summed E-state index contributed by atoms with van der Waals surface area (Å²) in [4.78, 5) is 7.83. The molecule has 1 aromatic heterocycles. The monoisotopic (exact) mass is 211 g/mol. The third-order valence-electron chi connectivity index (χ3n) is 1.66. The summed E-state index contributed by atoms with van der Waals surface area (Å²) in [7, 11) is 0. The molecule has 4 N–H and O–H groups in total. The Labute approximate surface area is 87.0 Å². The van der Waals surface area contributed by atoms with Gasteiger partial charge < -0.3 is 16.5 Å². The van der Waals surface area contributed by atoms with Gasteiger partial charge in [-0.05, 0) is 6.26 Å². The van der Waals surface area contributed by atoms with Gasteiger partial charge >= 0.3 is 0 Å². The van der Waals surface area contributed by atoms with Crippen molar-refractivity contribution in [1.29, 1.82) is 5.41 Å². The van der Waals surface area contributed by atoms with Gasteiger partial charge in [0, 0.05) is 18.5 Å². The molecule has 1 aromatic rings. The van der Waals surface area contributed by atoms with E-state index in [1.807, 2.05) is 6.26 Å². The number of anilines is 2. The minimum absolute atomic E-state index is 0.335. The van der Waals surface area contributed by atoms with Crippen LogP contribution in [-0.2, 0) is 0 Å². The second kappa shape index (κ2) is 5.43. The number of rotatable bonds is 5. The zero-order valence-corrected chi connectivity index (χ0v) is 8.77. The van der Waals surface area contributed by atoms with E-state index in [0.717, 1.165) is 18.5 Å². The molecule has 0 unspecified atom stereocenters. The minimum Gasteiger partial charge on any atom is -0.383 e. The summed E-state index contributed by atoms with van der Waals surface area (Å²) < 4.78 is 0. The van der Waals surface area contributed by atoms with E-state index < -0.39 is 0 Å². The first kappa shape index (κ1) is 10.8. The lowest BCUT2D eigenvalue weighted by molar-refractivity contribution is 1.12. The van der Waals surface area contributed by atoms with Crippen molar-refractivity contribution in [2.75, 3.05) is 29.6 Å². The van der Waals surface area contributed by atoms with Crippen molar-refractivity contribution < 1.29 is 0 Å². The molecule has 1 rings (SSSR count). The predicted octanol–water partition coefficient (Wildman–Crippen LogP) is 0.831. The van der Waals surface area contributed by atoms with Gasteiger partial charge in [0.15, 0.2) is 0 Å². The lowest BCUT2D eigenvalue weighted by Crippen LogP contribution is -2.10. The first-order valence-corrected chi connectivity index (χ1v) is 5.52. The van der Waals surface area contributed by atoms with Gasteiger partial charge in [0.2, 0.25) is 0 Å². The van der Waals surface area contributed by atoms with E-state index in [1.165, 1.54) is 6.33 Å². The fraction of sp³-hybridized carbons (Fsp3) is 0.375. The largest absolute Gasteiger partial charge is 0.383 e. The highest BCUT2D eigenvalue weighted by Crippen LogP contribution is 2.13. The van der Waals surface area contributed by atoms with Crippen LogP contribution in [-0.4, -0.2) is 34.7 Å². The molecule has 1 heterocycles. The fourth-order valence-electron chi connectivity index (χ4n) is 0.964. The highest BCUT2D eigenvalue weighted by Gasteiger charge is 2.04. The zero-order valence-electron chi connectivity index (χ0n) is 7.95. The second-order valence-electron chi connectivity index (χ2n) is 2.59. The molecular weight excluding hydrogens is 198 g/mol. The van der Waals surface area contributed by atoms with Crippen LogP contribution < -0.4 is 11.1 Å². The normalized spacial score (nSPS) is 9.79. The van der Waals surface area contributed by atoms with Crippen molar-refractivity contribution in [2.24, 2.45) is 0 Å². The summed E-state index contributed by atoms with van der Waals surface area (Å²) in [6, 6.07) is 0. The number of thioether (sulfide) groups is 1. The van der Waals surface area contributed by atoms with Crippen LogP contribution in [0.1, 0.15) is 5.56 Å². The molecule has 0 spiro atoms. The van der Waals surface area contributed by atoms with Crippen LogP contribution in [0.15, 0.2) is 6.33 Å². The summed E-state index contributed by atoms with van der Waals surface area (Å²) in [5.74, 6) is 1.95. The molecule has 0 radical (unpaired) electrons. The molecule has 0 atom stereocenters. The highest BCUT2D eigenvalue weighted by molar-refractivity contribution is 7.98. The third-order valence-corrected chi connectivity index (χ3v) is 2.27. The van der Waals surface area contributed by atoms with Crippen LogP contribution in [0.4, 0.5) is 11.6 Å². The lowest BCUT2D eigenvalue weighted by Gasteiger charge is -2.07. The van der Waals surface area contributed by atoms with Gasteiger partial charge in [0.05, 0.1) is 5.56 Å². The second-order valence-corrected chi connectivity index (χ2v) is 3.57. The van der Waals surface area contributed by atoms with Gasteiger partial charge in [-0.1, -0.05) is 0 Å². The molecule has 0 aromatic carbocycles. The summed E-state index contributed by atoms with van der Waals surface area (Å²) in [5.41, 5.74) is 6.14. The minimum atomic E-state index is 0.335. The molecule has 0 saturated heterocycles. The smallest absolute Gasteiger partial charge is 0.140 e. The molecule has 76 valence electrons. The van der Waals surface area contributed by atoms with Gasteiger partial charge in [-0.3, -0.25) is 0 Å². The first-order valence-electron chi connectivity index (χ1n) is 4.13. The Kier molecular flexibility index (Phi) is 4.18. The Bertz CT molecular complexity index is 315. The molecular formula is C8H13N5S. The third kappa shape index (κ3) is 2.59. The number of hydrogen-bond acceptors (Lipinski definition) is 6. The average Bonchev–Trinajstić information content (AvgIpc) is 2.18. The van der Waals surface area contributed by atoms with Crippen LogP contribution >= 0.6 is 11.8 Å². The van der Waals surface area contributed by atoms with Crippen LogP contribution in [0.2, 0.25) is 0 Å². The molecule has 0 fully saturated rings. The number of nitrogen functional groups attached to an aromatic ring is 1. The quantitative estimate of drug-likeness (QED) is 0.496. The number of nitrogens with zero attached hydrogens (tertiary/aromatic N) is 2. The maximum absolute atomic E-state index is 7.18. The summed E-state index contributed by atoms with van der Waals surface area (Å²) >= 11 is 1.74. The molecule has 0 bridgehead atoms. The molecule has 0 saturated carbocycles. The molecule has 6 heteroatoms. The number of aromatic nitrogens is 2. The standard InChI is InChI=1S/C8H13N5S/c1-14-3-2-11-8-6(4-9)7(10)12-5-13-8/h4-5,9H,2-3H2,1H3,(H3,10,11,12,13). The fourth-order valence-corrected chi connectivity index (χ4v) is 1.27. The van der Waals surface area contributed by atoms with Gasteiger partial charge in [-0.15, -0.1) is 0 Å². The van der Waals surface area contributed by atoms with Crippen molar-refractivity contribution in [2.45, 2.75) is 0 Å². The summed E-state index contributed by atoms with van der Waals surface area (Å²) in [6.07, 6.45) is 4.59. The SMILES string of the molecule is CSCCNc1ncnc(N)c1C=N. The number of nitrogens with two attached hydrogens (primary N) is 1. The van der Waals surface area contributed by atoms with Crippen molar-refractivity contribution >= 4 is 29.6 Å². The molecule has 5 nitrogen and oxygen atoms in total. The van der Waals surface area contributed by atoms with Crippen LogP contribution in [0.5, 0.6) is 0 Å². The van der Waals surface area contributed by atoms with Gasteiger partial charge in [0.1, 0.15) is 18.0 Å². The van der Waals surface area contributed by atoms with E-state index in [9.17, 15) is 0 Å². The maximum Gasteiger partial charge on any atom is 0.140 e. The number of hydrogen-bond donors (Lipinski definition) is 3. The van der Waals surface area contributed by atoms with Crippen LogP contribution in [0.3, 0.4) is 0 Å². The topological polar surface area (TPSA) is 87.7 Å². The molecule has 0 amide bonds. The average molecular weight is 211 g/mol. The van der Waals surface area contributed by atoms with Crippen molar-refractivity contribution in [1.82, 2.24) is 9.97 Å². The molecule has 14 heavy (non-hydrogen) atoms. The van der Waals surface area contributed by atoms with Gasteiger partial charge in [-0.2, -0.15) is 11.8 Å². The maximum atomic E-state index is 7.18. The first-order chi connectivity index (χ1) is 6.79. The Morgan fingerprint density at radius 2 is 2.43 bits per heavy atom. The van der Waals surface area contributed by atoms with Crippen molar-refractivity contribution in [3.8, 4) is 0 Å². The molecule has 0 aliphatic rings. The Balaban J connectivity index is 2.75. The molecule has 0 aliphatic heterocycles. The Morgan fingerprint density at radius 3 is 3.07 bits per heavy atom. The molecule has 0 aliphatic carbocycles. The predicted molar refractivity (Wildman–Crippen MR) is 61.2 cm³/mol. The van der Waals surface area contributed by atoms with E-state index in [-0.39, 0.29) is 0 Å². The zero-order chi connectivity index (χ0) is 10.4. The van der Waals surface area contributed by atoms with Gasteiger partial charge in [-0.25, -0.2) is 9.97 Å². The van der Waals surface area contributed by atoms with Gasteiger partial charge in [0.25, 0.3) is 0 Å². The van der Waals surface area contributed by atoms with Crippen molar-refractivity contribution in [3.63, 3.8) is 0 Å². The van der Waals surface area contributed by atoms with E-state index >= 15 is 0 Å².